The van der Waals surface area contributed by atoms with E-state index < -0.39 is 97.1 Å². The van der Waals surface area contributed by atoms with Crippen molar-refractivity contribution in [3.8, 4) is 0 Å². The summed E-state index contributed by atoms with van der Waals surface area (Å²) < 4.78 is 0. The van der Waals surface area contributed by atoms with Gasteiger partial charge in [-0.25, -0.2) is 0 Å². The maximum Gasteiger partial charge on any atom is 0.247 e. The van der Waals surface area contributed by atoms with Crippen LogP contribution in [0.3, 0.4) is 0 Å². The molecule has 0 bridgehead atoms. The summed E-state index contributed by atoms with van der Waals surface area (Å²) in [6.07, 6.45) is 0.116. The van der Waals surface area contributed by atoms with Crippen LogP contribution in [0.1, 0.15) is 44.7 Å². The molecular formula is C43H62N14O8. The van der Waals surface area contributed by atoms with Crippen LogP contribution in [0.2, 0.25) is 0 Å². The molecule has 22 heteroatoms. The third-order valence-electron chi connectivity index (χ3n) is 10.0. The van der Waals surface area contributed by atoms with Gasteiger partial charge in [-0.3, -0.25) is 49.2 Å². The van der Waals surface area contributed by atoms with Crippen molar-refractivity contribution in [2.75, 3.05) is 32.7 Å². The van der Waals surface area contributed by atoms with E-state index in [0.717, 1.165) is 0 Å². The Hall–Kier alpha value is -7.52. The molecule has 352 valence electrons. The molecule has 22 nitrogen and oxygen atoms in total. The smallest absolute Gasteiger partial charge is 0.247 e. The van der Waals surface area contributed by atoms with Gasteiger partial charge in [-0.1, -0.05) is 81.1 Å². The fourth-order valence-corrected chi connectivity index (χ4v) is 6.63. The first-order chi connectivity index (χ1) is 30.8. The molecule has 1 fully saturated rings. The van der Waals surface area contributed by atoms with Gasteiger partial charge < -0.3 is 64.6 Å². The number of benzene rings is 2. The minimum absolute atomic E-state index is 0.00879. The molecule has 1 heterocycles. The molecule has 8 amide bonds. The highest BCUT2D eigenvalue weighted by Crippen LogP contribution is 2.14. The fourth-order valence-electron chi connectivity index (χ4n) is 6.63. The first kappa shape index (κ1) is 51.8. The molecular weight excluding hydrogens is 841 g/mol. The molecule has 1 aliphatic rings. The van der Waals surface area contributed by atoms with Gasteiger partial charge in [0.15, 0.2) is 11.9 Å². The Labute approximate surface area is 377 Å². The lowest BCUT2D eigenvalue weighted by Crippen LogP contribution is -2.58. The van der Waals surface area contributed by atoms with Crippen molar-refractivity contribution in [2.24, 2.45) is 23.3 Å². The number of hydrogen-bond acceptors (Lipinski definition) is 10. The highest BCUT2D eigenvalue weighted by atomic mass is 16.2. The lowest BCUT2D eigenvalue weighted by Gasteiger charge is -2.26. The van der Waals surface area contributed by atoms with Gasteiger partial charge in [0.25, 0.3) is 0 Å². The van der Waals surface area contributed by atoms with Crippen molar-refractivity contribution >= 4 is 59.2 Å². The Bertz CT molecular complexity index is 2040. The SMILES string of the molecule is C=C(CC(C)CNC(=N)N)[C@H]1NC(=O)CNC(=O)[C@@H](CC(C)CNC(=N)N)NC(=O)CNC(=O)[C@H](Cc2ccccc2)NC(=O)[C@@H](Cc2ccccc2)NC(=O)CNC(=O)[C@H](C)NC1=O. The third kappa shape index (κ3) is 19.2. The second kappa shape index (κ2) is 26.2. The monoisotopic (exact) mass is 902 g/mol. The summed E-state index contributed by atoms with van der Waals surface area (Å²) in [6, 6.07) is 11.1. The second-order valence-electron chi connectivity index (χ2n) is 16.0. The number of carbonyl (C=O) groups is 8. The Balaban J connectivity index is 1.98. The van der Waals surface area contributed by atoms with Gasteiger partial charge in [0, 0.05) is 25.9 Å². The molecule has 0 radical (unpaired) electrons. The standard InChI is InChI=1S/C43H62N14O8/c1-24(19-51-42(44)45)15-26(3)36-41(65)53-27(4)37(61)48-21-33(58)55-32(18-29-13-9-6-10-14-29)40(64)56-31(17-28-11-7-5-8-12-28)39(63)49-22-34(59)54-30(16-25(2)20-52-43(46)47)38(62)50-23-35(60)57-36/h5-14,24-25,27,30-32,36H,3,15-23H2,1-2,4H3,(H,48,61)(H,49,63)(H,50,62)(H,53,65)(H,54,59)(H,55,58)(H,56,64)(H,57,60)(H4,44,45,51)(H4,46,47,52)/t24?,25?,27-,30+,31-,32+,36+/m0/s1. The van der Waals surface area contributed by atoms with Crippen molar-refractivity contribution in [1.82, 2.24) is 53.2 Å². The molecule has 65 heavy (non-hydrogen) atoms. The van der Waals surface area contributed by atoms with Crippen LogP contribution in [0.5, 0.6) is 0 Å². The summed E-state index contributed by atoms with van der Waals surface area (Å²) in [5.41, 5.74) is 12.4. The molecule has 0 aliphatic carbocycles. The first-order valence-electron chi connectivity index (χ1n) is 21.0. The van der Waals surface area contributed by atoms with E-state index in [9.17, 15) is 38.4 Å². The summed E-state index contributed by atoms with van der Waals surface area (Å²) in [6.45, 7) is 7.31. The lowest BCUT2D eigenvalue weighted by molar-refractivity contribution is -0.134. The number of hydrogen-bond donors (Lipinski definition) is 14. The third-order valence-corrected chi connectivity index (χ3v) is 10.0. The van der Waals surface area contributed by atoms with Gasteiger partial charge >= 0.3 is 0 Å². The average molecular weight is 903 g/mol. The van der Waals surface area contributed by atoms with E-state index in [0.29, 0.717) is 11.1 Å². The minimum atomic E-state index is -1.43. The van der Waals surface area contributed by atoms with Gasteiger partial charge in [-0.05, 0) is 48.3 Å². The maximum absolute atomic E-state index is 14.0. The highest BCUT2D eigenvalue weighted by molar-refractivity contribution is 5.98. The van der Waals surface area contributed by atoms with Crippen LogP contribution in [0, 0.1) is 22.7 Å². The van der Waals surface area contributed by atoms with E-state index in [2.05, 4.69) is 59.7 Å². The van der Waals surface area contributed by atoms with E-state index in [-0.39, 0.29) is 68.1 Å². The summed E-state index contributed by atoms with van der Waals surface area (Å²) >= 11 is 0. The zero-order valence-electron chi connectivity index (χ0n) is 36.8. The molecule has 1 saturated heterocycles. The van der Waals surface area contributed by atoms with Crippen LogP contribution in [0.15, 0.2) is 72.8 Å². The van der Waals surface area contributed by atoms with E-state index in [1.807, 2.05) is 0 Å². The predicted octanol–water partition coefficient (Wildman–Crippen LogP) is -3.15. The predicted molar refractivity (Wildman–Crippen MR) is 241 cm³/mol. The number of nitrogens with two attached hydrogens (primary N) is 2. The number of amides is 8. The van der Waals surface area contributed by atoms with E-state index in [1.165, 1.54) is 6.92 Å². The van der Waals surface area contributed by atoms with Crippen LogP contribution in [-0.4, -0.2) is 122 Å². The molecule has 2 aromatic carbocycles. The summed E-state index contributed by atoms with van der Waals surface area (Å²) in [4.78, 5) is 108. The van der Waals surface area contributed by atoms with Crippen LogP contribution in [-0.2, 0) is 51.2 Å². The van der Waals surface area contributed by atoms with Gasteiger partial charge in [0.05, 0.1) is 19.6 Å². The Morgan fingerprint density at radius 3 is 1.54 bits per heavy atom. The number of carbonyl (C=O) groups excluding carboxylic acids is 8. The van der Waals surface area contributed by atoms with Crippen LogP contribution < -0.4 is 64.6 Å². The zero-order chi connectivity index (χ0) is 48.1. The largest absolute Gasteiger partial charge is 0.370 e. The Morgan fingerprint density at radius 2 is 1.03 bits per heavy atom. The average Bonchev–Trinajstić information content (AvgIpc) is 3.26. The molecule has 16 N–H and O–H groups in total. The van der Waals surface area contributed by atoms with Crippen molar-refractivity contribution in [3.63, 3.8) is 0 Å². The van der Waals surface area contributed by atoms with Crippen molar-refractivity contribution < 1.29 is 38.4 Å². The minimum Gasteiger partial charge on any atom is -0.370 e. The number of rotatable bonds is 13. The molecule has 2 aromatic rings. The summed E-state index contributed by atoms with van der Waals surface area (Å²) in [7, 11) is 0. The molecule has 3 rings (SSSR count). The normalized spacial score (nSPS) is 22.0. The van der Waals surface area contributed by atoms with Crippen LogP contribution >= 0.6 is 0 Å². The van der Waals surface area contributed by atoms with Crippen LogP contribution in [0.4, 0.5) is 0 Å². The van der Waals surface area contributed by atoms with Gasteiger partial charge in [0.2, 0.25) is 47.3 Å². The molecule has 1 aliphatic heterocycles. The van der Waals surface area contributed by atoms with Gasteiger partial charge in [-0.15, -0.1) is 0 Å². The number of guanidine groups is 2. The fraction of sp³-hybridized carbons (Fsp3) is 0.442. The van der Waals surface area contributed by atoms with Crippen molar-refractivity contribution in [3.05, 3.63) is 83.9 Å². The van der Waals surface area contributed by atoms with E-state index in [1.54, 1.807) is 74.5 Å². The van der Waals surface area contributed by atoms with Crippen LogP contribution in [0.25, 0.3) is 0 Å². The molecule has 7 atom stereocenters. The molecule has 0 aromatic heterocycles. The van der Waals surface area contributed by atoms with Gasteiger partial charge in [0.1, 0.15) is 30.2 Å². The molecule has 0 saturated carbocycles. The maximum atomic E-state index is 14.0. The van der Waals surface area contributed by atoms with E-state index >= 15 is 0 Å². The molecule has 0 spiro atoms. The van der Waals surface area contributed by atoms with E-state index in [4.69, 9.17) is 22.3 Å². The first-order valence-corrected chi connectivity index (χ1v) is 21.0. The van der Waals surface area contributed by atoms with Gasteiger partial charge in [-0.2, -0.15) is 0 Å². The topological polar surface area (TPSA) is 357 Å². The summed E-state index contributed by atoms with van der Waals surface area (Å²) in [5.74, 6) is -7.50. The van der Waals surface area contributed by atoms with Crippen molar-refractivity contribution in [1.29, 1.82) is 10.8 Å². The summed E-state index contributed by atoms with van der Waals surface area (Å²) in [5, 5.41) is 40.6. The second-order valence-corrected chi connectivity index (χ2v) is 16.0. The number of nitrogens with one attached hydrogen (secondary N) is 12. The zero-order valence-corrected chi connectivity index (χ0v) is 36.8. The Morgan fingerprint density at radius 1 is 0.600 bits per heavy atom. The molecule has 2 unspecified atom stereocenters. The quantitative estimate of drug-likeness (QED) is 0.0539. The lowest BCUT2D eigenvalue weighted by atomic mass is 9.96. The highest BCUT2D eigenvalue weighted by Gasteiger charge is 2.31. The van der Waals surface area contributed by atoms with Crippen molar-refractivity contribution in [2.45, 2.75) is 76.7 Å². The Kier molecular flexibility index (Phi) is 20.9.